The number of fused-ring (bicyclic) bond motifs is 2. The first kappa shape index (κ1) is 11.2. The Kier molecular flexibility index (Phi) is 3.23. The van der Waals surface area contributed by atoms with Gasteiger partial charge in [-0.2, -0.15) is 8.78 Å². The number of alkyl halides is 2. The first-order chi connectivity index (χ1) is 5.54. The molecule has 2 bridgehead atoms. The molecule has 2 aliphatic carbocycles. The van der Waals surface area contributed by atoms with E-state index in [1.807, 2.05) is 0 Å². The van der Waals surface area contributed by atoms with Crippen molar-refractivity contribution in [1.82, 2.24) is 0 Å². The maximum absolute atomic E-state index is 12.6. The van der Waals surface area contributed by atoms with Crippen LogP contribution in [-0.2, 0) is 0 Å². The van der Waals surface area contributed by atoms with Gasteiger partial charge in [-0.25, -0.2) is 0 Å². The van der Waals surface area contributed by atoms with Crippen molar-refractivity contribution in [1.29, 1.82) is 0 Å². The zero-order chi connectivity index (χ0) is 8.77. The Labute approximate surface area is 82.6 Å². The topological polar surface area (TPSA) is 31.5 Å². The average molecular weight is 210 g/mol. The van der Waals surface area contributed by atoms with Crippen LogP contribution < -0.4 is 0 Å². The molecule has 2 saturated carbocycles. The zero-order valence-corrected chi connectivity index (χ0v) is 8.37. The molecule has 2 rings (SSSR count). The Morgan fingerprint density at radius 3 is 2.31 bits per heavy atom. The highest BCUT2D eigenvalue weighted by Gasteiger charge is 2.43. The van der Waals surface area contributed by atoms with E-state index < -0.39 is 5.25 Å². The van der Waals surface area contributed by atoms with E-state index in [0.717, 1.165) is 12.3 Å². The molecular weight excluding hydrogens is 194 g/mol. The van der Waals surface area contributed by atoms with Gasteiger partial charge in [0.15, 0.2) is 0 Å². The number of thiol groups is 1. The minimum absolute atomic E-state index is 0. The van der Waals surface area contributed by atoms with Gasteiger partial charge in [-0.05, 0) is 37.0 Å². The molecule has 0 heterocycles. The smallest absolute Gasteiger partial charge is 0.291 e. The summed E-state index contributed by atoms with van der Waals surface area (Å²) in [5, 5.41) is -2.74. The van der Waals surface area contributed by atoms with Crippen LogP contribution in [0.2, 0.25) is 0 Å². The standard InChI is InChI=1S/C9H14F2S.H2O/c10-9(11,12)5-8-4-6-1-2-7(8)3-6;/h6-8,12H,1-5H2;1H2. The Hall–Kier alpha value is 0.170. The summed E-state index contributed by atoms with van der Waals surface area (Å²) in [6.45, 7) is 0. The molecule has 0 amide bonds. The van der Waals surface area contributed by atoms with E-state index in [2.05, 4.69) is 12.6 Å². The second kappa shape index (κ2) is 3.73. The third-order valence-electron chi connectivity index (χ3n) is 3.39. The predicted molar refractivity (Wildman–Crippen MR) is 51.1 cm³/mol. The predicted octanol–water partition coefficient (Wildman–Crippen LogP) is 2.51. The SMILES string of the molecule is FC(F)(S)CC1CC2CCC1C2.O. The van der Waals surface area contributed by atoms with E-state index in [0.29, 0.717) is 5.92 Å². The third-order valence-corrected chi connectivity index (χ3v) is 3.57. The fourth-order valence-electron chi connectivity index (χ4n) is 2.94. The lowest BCUT2D eigenvalue weighted by molar-refractivity contribution is 0.0647. The Morgan fingerprint density at radius 2 is 1.92 bits per heavy atom. The van der Waals surface area contributed by atoms with E-state index >= 15 is 0 Å². The van der Waals surface area contributed by atoms with Crippen LogP contribution in [0.3, 0.4) is 0 Å². The molecule has 2 N–H and O–H groups in total. The van der Waals surface area contributed by atoms with Crippen molar-refractivity contribution in [2.45, 2.75) is 37.4 Å². The van der Waals surface area contributed by atoms with E-state index in [1.54, 1.807) is 0 Å². The second-order valence-corrected chi connectivity index (χ2v) is 4.96. The molecule has 2 aliphatic rings. The summed E-state index contributed by atoms with van der Waals surface area (Å²) < 4.78 is 25.1. The molecule has 3 atom stereocenters. The second-order valence-electron chi connectivity index (χ2n) is 4.30. The number of rotatable bonds is 2. The molecule has 0 aromatic carbocycles. The van der Waals surface area contributed by atoms with Crippen LogP contribution in [0.25, 0.3) is 0 Å². The molecule has 0 aliphatic heterocycles. The molecule has 3 unspecified atom stereocenters. The summed E-state index contributed by atoms with van der Waals surface area (Å²) in [5.41, 5.74) is 0. The Morgan fingerprint density at radius 1 is 1.23 bits per heavy atom. The average Bonchev–Trinajstić information content (AvgIpc) is 2.42. The van der Waals surface area contributed by atoms with Crippen molar-refractivity contribution >= 4 is 12.6 Å². The van der Waals surface area contributed by atoms with Crippen molar-refractivity contribution in [3.63, 3.8) is 0 Å². The van der Waals surface area contributed by atoms with E-state index in [1.165, 1.54) is 19.3 Å². The fourth-order valence-corrected chi connectivity index (χ4v) is 3.18. The lowest BCUT2D eigenvalue weighted by atomic mass is 9.86. The van der Waals surface area contributed by atoms with Crippen LogP contribution in [0.4, 0.5) is 8.78 Å². The number of hydrogen-bond donors (Lipinski definition) is 1. The van der Waals surface area contributed by atoms with Crippen molar-refractivity contribution in [3.05, 3.63) is 0 Å². The highest BCUT2D eigenvalue weighted by molar-refractivity contribution is 7.81. The van der Waals surface area contributed by atoms with Gasteiger partial charge in [-0.1, -0.05) is 6.42 Å². The van der Waals surface area contributed by atoms with Crippen LogP contribution in [0.5, 0.6) is 0 Å². The van der Waals surface area contributed by atoms with Crippen LogP contribution in [-0.4, -0.2) is 10.7 Å². The summed E-state index contributed by atoms with van der Waals surface area (Å²) in [6, 6.07) is 0. The molecule has 0 radical (unpaired) electrons. The molecule has 1 nitrogen and oxygen atoms in total. The van der Waals surface area contributed by atoms with Crippen molar-refractivity contribution in [3.8, 4) is 0 Å². The highest BCUT2D eigenvalue weighted by Crippen LogP contribution is 2.51. The van der Waals surface area contributed by atoms with Crippen LogP contribution in [0, 0.1) is 17.8 Å². The van der Waals surface area contributed by atoms with Crippen LogP contribution >= 0.6 is 12.6 Å². The van der Waals surface area contributed by atoms with Crippen molar-refractivity contribution in [2.75, 3.05) is 0 Å². The maximum Gasteiger partial charge on any atom is 0.291 e. The van der Waals surface area contributed by atoms with Crippen molar-refractivity contribution in [2.24, 2.45) is 17.8 Å². The first-order valence-electron chi connectivity index (χ1n) is 4.65. The summed E-state index contributed by atoms with van der Waals surface area (Å²) >= 11 is 3.29. The highest BCUT2D eigenvalue weighted by atomic mass is 32.1. The van der Waals surface area contributed by atoms with Crippen molar-refractivity contribution < 1.29 is 14.3 Å². The van der Waals surface area contributed by atoms with E-state index in [9.17, 15) is 8.78 Å². The van der Waals surface area contributed by atoms with Gasteiger partial charge >= 0.3 is 0 Å². The largest absolute Gasteiger partial charge is 0.412 e. The van der Waals surface area contributed by atoms with Gasteiger partial charge in [-0.3, -0.25) is 0 Å². The molecule has 78 valence electrons. The Bertz CT molecular complexity index is 181. The fraction of sp³-hybridized carbons (Fsp3) is 1.00. The van der Waals surface area contributed by atoms with Crippen LogP contribution in [0.15, 0.2) is 0 Å². The quantitative estimate of drug-likeness (QED) is 0.679. The van der Waals surface area contributed by atoms with Gasteiger partial charge in [-0.15, -0.1) is 12.6 Å². The number of hydrogen-bond acceptors (Lipinski definition) is 1. The molecule has 4 heteroatoms. The summed E-state index contributed by atoms with van der Waals surface area (Å²) in [5.74, 6) is 1.61. The summed E-state index contributed by atoms with van der Waals surface area (Å²) in [6.07, 6.45) is 4.69. The van der Waals surface area contributed by atoms with E-state index in [-0.39, 0.29) is 17.8 Å². The van der Waals surface area contributed by atoms with Gasteiger partial charge in [0.1, 0.15) is 0 Å². The van der Waals surface area contributed by atoms with Gasteiger partial charge in [0.05, 0.1) is 0 Å². The summed E-state index contributed by atoms with van der Waals surface area (Å²) in [7, 11) is 0. The van der Waals surface area contributed by atoms with Gasteiger partial charge < -0.3 is 5.48 Å². The van der Waals surface area contributed by atoms with Gasteiger partial charge in [0.2, 0.25) is 0 Å². The molecule has 0 spiro atoms. The maximum atomic E-state index is 12.6. The molecular formula is C9H16F2OS. The monoisotopic (exact) mass is 210 g/mol. The number of halogens is 2. The Balaban J connectivity index is 0.000000845. The lowest BCUT2D eigenvalue weighted by Gasteiger charge is -2.23. The van der Waals surface area contributed by atoms with Gasteiger partial charge in [0.25, 0.3) is 5.25 Å². The third kappa shape index (κ3) is 2.56. The summed E-state index contributed by atoms with van der Waals surface area (Å²) in [4.78, 5) is 0. The lowest BCUT2D eigenvalue weighted by Crippen LogP contribution is -2.19. The molecule has 0 aromatic heterocycles. The minimum atomic E-state index is -2.74. The molecule has 2 fully saturated rings. The molecule has 13 heavy (non-hydrogen) atoms. The molecule has 0 aromatic rings. The van der Waals surface area contributed by atoms with E-state index in [4.69, 9.17) is 0 Å². The minimum Gasteiger partial charge on any atom is -0.412 e. The molecule has 0 saturated heterocycles. The zero-order valence-electron chi connectivity index (χ0n) is 7.47. The normalized spacial score (nSPS) is 37.6. The van der Waals surface area contributed by atoms with Gasteiger partial charge in [0, 0.05) is 6.42 Å². The van der Waals surface area contributed by atoms with Crippen LogP contribution in [0.1, 0.15) is 32.1 Å². The first-order valence-corrected chi connectivity index (χ1v) is 5.09.